The molecule has 1 aliphatic heterocycles. The minimum Gasteiger partial charge on any atom is -0.494 e. The Morgan fingerprint density at radius 2 is 1.31 bits per heavy atom. The summed E-state index contributed by atoms with van der Waals surface area (Å²) in [4.78, 5) is 63.7. The Morgan fingerprint density at radius 3 is 1.81 bits per heavy atom. The van der Waals surface area contributed by atoms with Gasteiger partial charge in [0.15, 0.2) is 0 Å². The standard InChI is InChI=1S/C42H50N12O8/c1-6-53-31(19-25(3)48-53)38(56)46-41-45-30-22-28(40(58)59)24-33(60-5)35(30)51(41)12-8-9-13-52-36-29(44-42(52)47-39(57)32-20-26(4)49-54(32)7-2)21-27(37(43)55)23-34(36)62-16-10-11-50-14-17-61-18-15-50/h8-9,19-24H,6-7,10-18H2,1-5H3,(H2,43,55)(H,58,59)(H,44,47,57)(H,45,46,56)/b9-8+. The van der Waals surface area contributed by atoms with Gasteiger partial charge in [-0.2, -0.15) is 10.2 Å². The zero-order valence-electron chi connectivity index (χ0n) is 35.3. The number of nitrogens with zero attached hydrogens (tertiary/aromatic N) is 9. The van der Waals surface area contributed by atoms with Crippen molar-refractivity contribution in [2.45, 2.75) is 60.3 Å². The molecule has 62 heavy (non-hydrogen) atoms. The molecule has 20 heteroatoms. The van der Waals surface area contributed by atoms with Gasteiger partial charge in [-0.1, -0.05) is 12.2 Å². The predicted octanol–water partition coefficient (Wildman–Crippen LogP) is 4.10. The average Bonchev–Trinajstić information content (AvgIpc) is 4.03. The van der Waals surface area contributed by atoms with Gasteiger partial charge in [0.25, 0.3) is 11.8 Å². The molecule has 0 bridgehead atoms. The number of carboxylic acid groups (broad SMARTS) is 1. The van der Waals surface area contributed by atoms with E-state index in [0.29, 0.717) is 89.9 Å². The van der Waals surface area contributed by atoms with E-state index < -0.39 is 23.7 Å². The number of allylic oxidation sites excluding steroid dienone is 2. The summed E-state index contributed by atoms with van der Waals surface area (Å²) in [7, 11) is 1.43. The fourth-order valence-corrected chi connectivity index (χ4v) is 7.46. The molecule has 3 amide bonds. The molecular weight excluding hydrogens is 801 g/mol. The molecule has 0 atom stereocenters. The van der Waals surface area contributed by atoms with Gasteiger partial charge in [0.2, 0.25) is 17.8 Å². The average molecular weight is 851 g/mol. The number of ether oxygens (including phenoxy) is 3. The number of aryl methyl sites for hydroxylation is 4. The summed E-state index contributed by atoms with van der Waals surface area (Å²) in [6, 6.07) is 9.32. The van der Waals surface area contributed by atoms with Crippen molar-refractivity contribution in [3.63, 3.8) is 0 Å². The van der Waals surface area contributed by atoms with Gasteiger partial charge >= 0.3 is 5.97 Å². The highest BCUT2D eigenvalue weighted by Crippen LogP contribution is 2.33. The summed E-state index contributed by atoms with van der Waals surface area (Å²) < 4.78 is 24.2. The molecule has 0 radical (unpaired) electrons. The number of imidazole rings is 2. The van der Waals surface area contributed by atoms with Gasteiger partial charge in [0.05, 0.1) is 54.9 Å². The van der Waals surface area contributed by atoms with Crippen LogP contribution >= 0.6 is 0 Å². The van der Waals surface area contributed by atoms with Crippen molar-refractivity contribution in [2.75, 3.05) is 57.2 Å². The first-order valence-corrected chi connectivity index (χ1v) is 20.3. The molecule has 5 N–H and O–H groups in total. The fraction of sp³-hybridized carbons (Fsp3) is 0.381. The van der Waals surface area contributed by atoms with Crippen LogP contribution < -0.4 is 25.8 Å². The maximum Gasteiger partial charge on any atom is 0.335 e. The molecule has 0 unspecified atom stereocenters. The number of nitrogens with two attached hydrogens (primary N) is 1. The van der Waals surface area contributed by atoms with Crippen molar-refractivity contribution < 1.29 is 38.5 Å². The normalized spacial score (nSPS) is 13.3. The van der Waals surface area contributed by atoms with Gasteiger partial charge in [-0.15, -0.1) is 0 Å². The van der Waals surface area contributed by atoms with E-state index in [4.69, 9.17) is 24.9 Å². The molecule has 5 heterocycles. The van der Waals surface area contributed by atoms with Crippen LogP contribution in [0.1, 0.15) is 73.3 Å². The Hall–Kier alpha value is -7.06. The number of benzene rings is 2. The van der Waals surface area contributed by atoms with Gasteiger partial charge in [-0.05, 0) is 70.5 Å². The number of anilines is 2. The number of morpholine rings is 1. The maximum atomic E-state index is 13.8. The molecule has 2 aromatic carbocycles. The number of carbonyl (C=O) groups is 4. The Bertz CT molecular complexity index is 2680. The minimum absolute atomic E-state index is 0.0376. The largest absolute Gasteiger partial charge is 0.494 e. The van der Waals surface area contributed by atoms with Crippen molar-refractivity contribution in [1.29, 1.82) is 0 Å². The van der Waals surface area contributed by atoms with Crippen LogP contribution in [0.4, 0.5) is 11.9 Å². The number of amides is 3. The lowest BCUT2D eigenvalue weighted by molar-refractivity contribution is 0.0358. The highest BCUT2D eigenvalue weighted by atomic mass is 16.5. The predicted molar refractivity (Wildman–Crippen MR) is 229 cm³/mol. The van der Waals surface area contributed by atoms with Crippen molar-refractivity contribution in [3.05, 3.63) is 82.5 Å². The molecule has 1 aliphatic rings. The highest BCUT2D eigenvalue weighted by Gasteiger charge is 2.24. The molecule has 20 nitrogen and oxygen atoms in total. The van der Waals surface area contributed by atoms with Gasteiger partial charge < -0.3 is 34.2 Å². The van der Waals surface area contributed by atoms with E-state index in [1.165, 1.54) is 19.2 Å². The van der Waals surface area contributed by atoms with Crippen LogP contribution in [0, 0.1) is 13.8 Å². The molecule has 0 aliphatic carbocycles. The number of carboxylic acids is 1. The van der Waals surface area contributed by atoms with Crippen molar-refractivity contribution in [2.24, 2.45) is 5.73 Å². The highest BCUT2D eigenvalue weighted by molar-refractivity contribution is 6.05. The van der Waals surface area contributed by atoms with Crippen LogP contribution in [0.3, 0.4) is 0 Å². The van der Waals surface area contributed by atoms with Crippen LogP contribution in [0.5, 0.6) is 11.5 Å². The third-order valence-corrected chi connectivity index (χ3v) is 10.4. The quantitative estimate of drug-likeness (QED) is 0.0705. The first-order valence-electron chi connectivity index (χ1n) is 20.3. The van der Waals surface area contributed by atoms with Gasteiger partial charge in [-0.25, -0.2) is 14.8 Å². The molecule has 1 fully saturated rings. The van der Waals surface area contributed by atoms with Crippen molar-refractivity contribution in [1.82, 2.24) is 43.6 Å². The zero-order valence-corrected chi connectivity index (χ0v) is 35.3. The van der Waals surface area contributed by atoms with Crippen molar-refractivity contribution in [3.8, 4) is 11.5 Å². The molecule has 0 spiro atoms. The van der Waals surface area contributed by atoms with Crippen LogP contribution in [0.25, 0.3) is 22.1 Å². The number of hydrogen-bond acceptors (Lipinski definition) is 12. The number of rotatable bonds is 18. The van der Waals surface area contributed by atoms with E-state index >= 15 is 0 Å². The first kappa shape index (κ1) is 43.0. The number of nitrogens with one attached hydrogen (secondary N) is 2. The molecule has 326 valence electrons. The molecule has 4 aromatic heterocycles. The Balaban J connectivity index is 1.25. The second-order valence-corrected chi connectivity index (χ2v) is 14.7. The summed E-state index contributed by atoms with van der Waals surface area (Å²) in [5.74, 6) is -1.79. The SMILES string of the molecule is CCn1nc(C)cc1C(=O)Nc1nc2cc(C(=O)O)cc(OC)c2n1C/C=C/Cn1c(NC(=O)c2cc(C)nn2CC)nc2cc(C(N)=O)cc(OCCCN3CCOCC3)c21. The van der Waals surface area contributed by atoms with Crippen LogP contribution in [0.2, 0.25) is 0 Å². The van der Waals surface area contributed by atoms with Gasteiger partial charge in [0, 0.05) is 51.4 Å². The number of aromatic carboxylic acids is 1. The molecule has 1 saturated heterocycles. The second-order valence-electron chi connectivity index (χ2n) is 14.7. The molecule has 0 saturated carbocycles. The lowest BCUT2D eigenvalue weighted by Gasteiger charge is -2.26. The van der Waals surface area contributed by atoms with E-state index in [1.807, 2.05) is 26.0 Å². The lowest BCUT2D eigenvalue weighted by Crippen LogP contribution is -2.37. The van der Waals surface area contributed by atoms with Gasteiger partial charge in [-0.3, -0.25) is 39.3 Å². The van der Waals surface area contributed by atoms with Crippen LogP contribution in [0.15, 0.2) is 48.6 Å². The third kappa shape index (κ3) is 9.15. The van der Waals surface area contributed by atoms with Crippen molar-refractivity contribution >= 4 is 57.7 Å². The monoisotopic (exact) mass is 850 g/mol. The van der Waals surface area contributed by atoms with Crippen LogP contribution in [-0.4, -0.2) is 119 Å². The summed E-state index contributed by atoms with van der Waals surface area (Å²) in [6.45, 7) is 12.7. The minimum atomic E-state index is -1.17. The number of methoxy groups -OCH3 is 1. The summed E-state index contributed by atoms with van der Waals surface area (Å²) in [5.41, 5.74) is 9.58. The summed E-state index contributed by atoms with van der Waals surface area (Å²) >= 11 is 0. The number of carbonyl (C=O) groups excluding carboxylic acids is 3. The lowest BCUT2D eigenvalue weighted by atomic mass is 10.1. The van der Waals surface area contributed by atoms with E-state index in [2.05, 4.69) is 30.7 Å². The van der Waals surface area contributed by atoms with Gasteiger partial charge in [0.1, 0.15) is 33.9 Å². The third-order valence-electron chi connectivity index (χ3n) is 10.4. The Labute approximate surface area is 356 Å². The fourth-order valence-electron chi connectivity index (χ4n) is 7.46. The van der Waals surface area contributed by atoms with Crippen LogP contribution in [-0.2, 0) is 30.9 Å². The topological polar surface area (TPSA) is 241 Å². The van der Waals surface area contributed by atoms with E-state index in [0.717, 1.165) is 19.6 Å². The number of primary amides is 1. The summed E-state index contributed by atoms with van der Waals surface area (Å²) in [6.07, 6.45) is 4.37. The number of fused-ring (bicyclic) bond motifs is 2. The molecule has 7 rings (SSSR count). The first-order chi connectivity index (χ1) is 29.9. The van der Waals surface area contributed by atoms with E-state index in [1.54, 1.807) is 56.6 Å². The zero-order chi connectivity index (χ0) is 44.1. The number of hydrogen-bond donors (Lipinski definition) is 4. The smallest absolute Gasteiger partial charge is 0.335 e. The summed E-state index contributed by atoms with van der Waals surface area (Å²) in [5, 5.41) is 24.5. The Morgan fingerprint density at radius 1 is 0.790 bits per heavy atom. The molecule has 6 aromatic rings. The van der Waals surface area contributed by atoms with E-state index in [9.17, 15) is 24.3 Å². The Kier molecular flexibility index (Phi) is 13.0. The molecular formula is C42H50N12O8. The second kappa shape index (κ2) is 18.7. The number of aromatic nitrogens is 8. The maximum absolute atomic E-state index is 13.8. The van der Waals surface area contributed by atoms with E-state index in [-0.39, 0.29) is 41.9 Å².